The van der Waals surface area contributed by atoms with Crippen molar-refractivity contribution in [3.63, 3.8) is 0 Å². The predicted octanol–water partition coefficient (Wildman–Crippen LogP) is 2.00. The molecule has 0 aliphatic rings. The molecular formula is C18H19N7O. The van der Waals surface area contributed by atoms with Crippen LogP contribution in [0.1, 0.15) is 23.0 Å². The molecule has 8 heteroatoms. The number of benzene rings is 2. The van der Waals surface area contributed by atoms with Crippen LogP contribution in [0, 0.1) is 0 Å². The number of nitrogens with two attached hydrogens (primary N) is 3. The number of hydrogen-bond donors (Lipinski definition) is 5. The van der Waals surface area contributed by atoms with Crippen LogP contribution in [0.15, 0.2) is 58.7 Å². The summed E-state index contributed by atoms with van der Waals surface area (Å²) in [5, 5.41) is 11.3. The fourth-order valence-corrected chi connectivity index (χ4v) is 2.44. The number of nitrogens with one attached hydrogen (secondary N) is 2. The smallest absolute Gasteiger partial charge is 0.272 e. The van der Waals surface area contributed by atoms with Gasteiger partial charge in [0.15, 0.2) is 0 Å². The van der Waals surface area contributed by atoms with Gasteiger partial charge in [-0.1, -0.05) is 6.07 Å². The Morgan fingerprint density at radius 2 is 1.77 bits per heavy atom. The summed E-state index contributed by atoms with van der Waals surface area (Å²) >= 11 is 0. The van der Waals surface area contributed by atoms with Crippen molar-refractivity contribution in [2.24, 2.45) is 21.7 Å². The average molecular weight is 349 g/mol. The number of carbonyl (C=O) groups excluding carboxylic acids is 1. The SMILES string of the molecule is C/C(=N/N=C(N)N)c1ccc2[nH]c(C(=O)Nc3ccc(N)cc3)cc2c1. The van der Waals surface area contributed by atoms with Gasteiger partial charge in [-0.05, 0) is 55.0 Å². The van der Waals surface area contributed by atoms with Crippen molar-refractivity contribution < 1.29 is 4.79 Å². The van der Waals surface area contributed by atoms with E-state index < -0.39 is 0 Å². The Bertz CT molecular complexity index is 1010. The molecule has 3 aromatic rings. The summed E-state index contributed by atoms with van der Waals surface area (Å²) in [4.78, 5) is 15.5. The summed E-state index contributed by atoms with van der Waals surface area (Å²) in [6.45, 7) is 1.80. The van der Waals surface area contributed by atoms with Crippen molar-refractivity contribution in [2.75, 3.05) is 11.1 Å². The molecule has 2 aromatic carbocycles. The van der Waals surface area contributed by atoms with Crippen LogP contribution in [0.4, 0.5) is 11.4 Å². The quantitative estimate of drug-likeness (QED) is 0.212. The topological polar surface area (TPSA) is 148 Å². The van der Waals surface area contributed by atoms with E-state index in [1.165, 1.54) is 0 Å². The lowest BCUT2D eigenvalue weighted by atomic mass is 10.1. The summed E-state index contributed by atoms with van der Waals surface area (Å²) in [6, 6.07) is 14.4. The Morgan fingerprint density at radius 1 is 1.04 bits per heavy atom. The van der Waals surface area contributed by atoms with Gasteiger partial charge in [0.05, 0.1) is 5.71 Å². The molecule has 8 nitrogen and oxygen atoms in total. The summed E-state index contributed by atoms with van der Waals surface area (Å²) in [5.74, 6) is -0.341. The molecule has 0 fully saturated rings. The molecule has 0 radical (unpaired) electrons. The number of aromatic nitrogens is 1. The van der Waals surface area contributed by atoms with E-state index in [1.54, 1.807) is 37.3 Å². The van der Waals surface area contributed by atoms with Crippen molar-refractivity contribution in [1.29, 1.82) is 0 Å². The fraction of sp³-hybridized carbons (Fsp3) is 0.0556. The first kappa shape index (κ1) is 17.0. The van der Waals surface area contributed by atoms with Crippen molar-refractivity contribution in [2.45, 2.75) is 6.92 Å². The third kappa shape index (κ3) is 3.81. The average Bonchev–Trinajstić information content (AvgIpc) is 3.05. The van der Waals surface area contributed by atoms with Crippen LogP contribution in [0.2, 0.25) is 0 Å². The number of nitrogen functional groups attached to an aromatic ring is 1. The van der Waals surface area contributed by atoms with Crippen LogP contribution in [-0.2, 0) is 0 Å². The van der Waals surface area contributed by atoms with E-state index in [1.807, 2.05) is 18.2 Å². The molecule has 0 saturated heterocycles. The molecule has 1 amide bonds. The molecule has 8 N–H and O–H groups in total. The van der Waals surface area contributed by atoms with E-state index >= 15 is 0 Å². The zero-order chi connectivity index (χ0) is 18.7. The predicted molar refractivity (Wildman–Crippen MR) is 105 cm³/mol. The van der Waals surface area contributed by atoms with Gasteiger partial charge in [-0.3, -0.25) is 4.79 Å². The minimum Gasteiger partial charge on any atom is -0.399 e. The summed E-state index contributed by atoms with van der Waals surface area (Å²) < 4.78 is 0. The second-order valence-corrected chi connectivity index (χ2v) is 5.77. The highest BCUT2D eigenvalue weighted by Crippen LogP contribution is 2.19. The van der Waals surface area contributed by atoms with E-state index in [0.29, 0.717) is 22.8 Å². The largest absolute Gasteiger partial charge is 0.399 e. The maximum atomic E-state index is 12.4. The normalized spacial score (nSPS) is 11.3. The maximum Gasteiger partial charge on any atom is 0.272 e. The molecule has 1 heterocycles. The molecule has 0 unspecified atom stereocenters. The Labute approximate surface area is 149 Å². The van der Waals surface area contributed by atoms with Crippen molar-refractivity contribution >= 4 is 39.9 Å². The third-order valence-electron chi connectivity index (χ3n) is 3.77. The van der Waals surface area contributed by atoms with Gasteiger partial charge in [-0.25, -0.2) is 0 Å². The number of carbonyl (C=O) groups is 1. The van der Waals surface area contributed by atoms with Crippen LogP contribution in [0.5, 0.6) is 0 Å². The van der Waals surface area contributed by atoms with Gasteiger partial charge in [0.25, 0.3) is 5.91 Å². The zero-order valence-corrected chi connectivity index (χ0v) is 14.2. The number of H-pyrrole nitrogens is 1. The van der Waals surface area contributed by atoms with Crippen molar-refractivity contribution in [3.8, 4) is 0 Å². The molecule has 0 spiro atoms. The minimum absolute atomic E-state index is 0.103. The van der Waals surface area contributed by atoms with Gasteiger partial charge in [-0.15, -0.1) is 5.10 Å². The van der Waals surface area contributed by atoms with E-state index in [-0.39, 0.29) is 11.9 Å². The number of anilines is 2. The van der Waals surface area contributed by atoms with Gasteiger partial charge in [-0.2, -0.15) is 5.10 Å². The standard InChI is InChI=1S/C18H19N7O/c1-10(24-25-18(20)21)11-2-7-15-12(8-11)9-16(23-15)17(26)22-14-5-3-13(19)4-6-14/h2-9,23H,19H2,1H3,(H,22,26)(H4,20,21,25)/b24-10-. The zero-order valence-electron chi connectivity index (χ0n) is 14.2. The number of hydrogen-bond acceptors (Lipinski definition) is 4. The van der Waals surface area contributed by atoms with Gasteiger partial charge >= 0.3 is 0 Å². The fourth-order valence-electron chi connectivity index (χ4n) is 2.44. The number of nitrogens with zero attached hydrogens (tertiary/aromatic N) is 2. The molecule has 0 bridgehead atoms. The van der Waals surface area contributed by atoms with E-state index in [0.717, 1.165) is 16.5 Å². The number of rotatable bonds is 4. The van der Waals surface area contributed by atoms with Crippen molar-refractivity contribution in [3.05, 3.63) is 59.8 Å². The van der Waals surface area contributed by atoms with E-state index in [9.17, 15) is 4.79 Å². The first-order valence-electron chi connectivity index (χ1n) is 7.85. The second kappa shape index (κ2) is 6.98. The first-order chi connectivity index (χ1) is 12.4. The minimum atomic E-state index is -0.238. The molecule has 3 rings (SSSR count). The Balaban J connectivity index is 1.84. The number of aromatic amines is 1. The molecule has 0 atom stereocenters. The molecule has 132 valence electrons. The Morgan fingerprint density at radius 3 is 2.46 bits per heavy atom. The van der Waals surface area contributed by atoms with Gasteiger partial charge in [0.2, 0.25) is 5.96 Å². The molecule has 0 aliphatic heterocycles. The van der Waals surface area contributed by atoms with Crippen molar-refractivity contribution in [1.82, 2.24) is 4.98 Å². The number of fused-ring (bicyclic) bond motifs is 1. The Hall–Kier alpha value is -3.81. The molecule has 0 aliphatic carbocycles. The van der Waals surface area contributed by atoms with Gasteiger partial charge < -0.3 is 27.5 Å². The third-order valence-corrected chi connectivity index (χ3v) is 3.77. The highest BCUT2D eigenvalue weighted by molar-refractivity contribution is 6.07. The van der Waals surface area contributed by atoms with E-state index in [2.05, 4.69) is 20.5 Å². The number of amides is 1. The summed E-state index contributed by atoms with van der Waals surface area (Å²) in [6.07, 6.45) is 0. The van der Waals surface area contributed by atoms with Crippen LogP contribution in [0.25, 0.3) is 10.9 Å². The highest BCUT2D eigenvalue weighted by Gasteiger charge is 2.11. The molecule has 0 saturated carbocycles. The number of guanidine groups is 1. The first-order valence-corrected chi connectivity index (χ1v) is 7.85. The second-order valence-electron chi connectivity index (χ2n) is 5.77. The van der Waals surface area contributed by atoms with Crippen LogP contribution in [0.3, 0.4) is 0 Å². The van der Waals surface area contributed by atoms with Crippen LogP contribution in [-0.4, -0.2) is 22.6 Å². The lowest BCUT2D eigenvalue weighted by Crippen LogP contribution is -2.22. The highest BCUT2D eigenvalue weighted by atomic mass is 16.1. The van der Waals surface area contributed by atoms with Gasteiger partial charge in [0.1, 0.15) is 5.69 Å². The van der Waals surface area contributed by atoms with Crippen LogP contribution < -0.4 is 22.5 Å². The molecule has 26 heavy (non-hydrogen) atoms. The summed E-state index contributed by atoms with van der Waals surface area (Å²) in [7, 11) is 0. The molecular weight excluding hydrogens is 330 g/mol. The lowest BCUT2D eigenvalue weighted by molar-refractivity contribution is 0.102. The maximum absolute atomic E-state index is 12.4. The van der Waals surface area contributed by atoms with Gasteiger partial charge in [0, 0.05) is 22.3 Å². The van der Waals surface area contributed by atoms with Crippen LogP contribution >= 0.6 is 0 Å². The molecule has 1 aromatic heterocycles. The lowest BCUT2D eigenvalue weighted by Gasteiger charge is -2.03. The Kier molecular flexibility index (Phi) is 4.57. The summed E-state index contributed by atoms with van der Waals surface area (Å²) in [5.41, 5.74) is 20.3. The monoisotopic (exact) mass is 349 g/mol. The van der Waals surface area contributed by atoms with E-state index in [4.69, 9.17) is 17.2 Å².